The van der Waals surface area contributed by atoms with Gasteiger partial charge < -0.3 is 4.90 Å². The maximum absolute atomic E-state index is 2.67. The van der Waals surface area contributed by atoms with Crippen LogP contribution in [-0.2, 0) is 0 Å². The number of likely N-dealkylation sites (tertiary alicyclic amines) is 1. The van der Waals surface area contributed by atoms with Crippen molar-refractivity contribution in [1.29, 1.82) is 0 Å². The number of unbranched alkanes of at least 4 members (excludes halogenated alkanes) is 1. The molecule has 1 unspecified atom stereocenters. The minimum atomic E-state index is 0.936. The molecule has 0 aromatic carbocycles. The van der Waals surface area contributed by atoms with Gasteiger partial charge in [0, 0.05) is 3.92 Å². The summed E-state index contributed by atoms with van der Waals surface area (Å²) in [4.78, 5) is 2.46. The van der Waals surface area contributed by atoms with Gasteiger partial charge in [-0.1, -0.05) is 42.4 Å². The molecule has 0 aromatic rings. The van der Waals surface area contributed by atoms with E-state index in [0.717, 1.165) is 9.84 Å². The monoisotopic (exact) mass is 295 g/mol. The molecule has 0 amide bonds. The molecule has 1 fully saturated rings. The Balaban J connectivity index is 2.19. The maximum Gasteiger partial charge on any atom is 0.0139 e. The van der Waals surface area contributed by atoms with Crippen LogP contribution in [0, 0.1) is 5.92 Å². The molecule has 1 heterocycles. The van der Waals surface area contributed by atoms with Crippen LogP contribution in [0.3, 0.4) is 0 Å². The number of nitrogens with zero attached hydrogens (tertiary/aromatic N) is 1. The van der Waals surface area contributed by atoms with Crippen LogP contribution in [0.15, 0.2) is 0 Å². The zero-order valence-electron chi connectivity index (χ0n) is 8.93. The molecule has 78 valence electrons. The summed E-state index contributed by atoms with van der Waals surface area (Å²) in [6.07, 6.45) is 7.05. The smallest absolute Gasteiger partial charge is 0.0139 e. The lowest BCUT2D eigenvalue weighted by Gasteiger charge is -2.31. The molecule has 1 atom stereocenters. The number of halogens is 1. The van der Waals surface area contributed by atoms with Crippen LogP contribution in [-0.4, -0.2) is 29.0 Å². The van der Waals surface area contributed by atoms with E-state index in [1.54, 1.807) is 0 Å². The van der Waals surface area contributed by atoms with Crippen molar-refractivity contribution in [2.24, 2.45) is 5.92 Å². The van der Waals surface area contributed by atoms with E-state index < -0.39 is 0 Å². The van der Waals surface area contributed by atoms with Crippen molar-refractivity contribution in [3.05, 3.63) is 0 Å². The van der Waals surface area contributed by atoms with E-state index in [1.165, 1.54) is 45.2 Å². The molecule has 0 spiro atoms. The summed E-state index contributed by atoms with van der Waals surface area (Å²) in [5.41, 5.74) is 0. The quantitative estimate of drug-likeness (QED) is 0.568. The van der Waals surface area contributed by atoms with Gasteiger partial charge in [0.2, 0.25) is 0 Å². The summed E-state index contributed by atoms with van der Waals surface area (Å²) in [6, 6.07) is 0. The molecule has 13 heavy (non-hydrogen) atoms. The molecule has 0 N–H and O–H groups in total. The summed E-state index contributed by atoms with van der Waals surface area (Å²) in [6.45, 7) is 4.92. The lowest BCUT2D eigenvalue weighted by Crippen LogP contribution is -2.33. The normalized spacial score (nSPS) is 23.3. The van der Waals surface area contributed by atoms with Gasteiger partial charge in [-0.05, 0) is 45.3 Å². The van der Waals surface area contributed by atoms with E-state index in [9.17, 15) is 0 Å². The van der Waals surface area contributed by atoms with Gasteiger partial charge >= 0.3 is 0 Å². The molecular formula is C11H22IN. The van der Waals surface area contributed by atoms with Gasteiger partial charge in [-0.2, -0.15) is 0 Å². The molecule has 1 saturated heterocycles. The van der Waals surface area contributed by atoms with Gasteiger partial charge in [-0.25, -0.2) is 0 Å². The van der Waals surface area contributed by atoms with Crippen molar-refractivity contribution in [1.82, 2.24) is 4.90 Å². The second kappa shape index (κ2) is 6.23. The van der Waals surface area contributed by atoms with E-state index in [4.69, 9.17) is 0 Å². The zero-order chi connectivity index (χ0) is 9.68. The molecule has 0 saturated carbocycles. The predicted molar refractivity (Wildman–Crippen MR) is 67.6 cm³/mol. The summed E-state index contributed by atoms with van der Waals surface area (Å²) < 4.78 is 0.936. The molecular weight excluding hydrogens is 273 g/mol. The average Bonchev–Trinajstić information content (AvgIpc) is 2.15. The Bertz CT molecular complexity index is 130. The molecule has 2 heteroatoms. The highest BCUT2D eigenvalue weighted by Crippen LogP contribution is 2.28. The minimum Gasteiger partial charge on any atom is -0.306 e. The van der Waals surface area contributed by atoms with E-state index in [0.29, 0.717) is 0 Å². The fourth-order valence-electron chi connectivity index (χ4n) is 2.03. The number of rotatable bonds is 4. The number of hydrogen-bond donors (Lipinski definition) is 0. The Hall–Kier alpha value is 0.690. The van der Waals surface area contributed by atoms with Crippen molar-refractivity contribution < 1.29 is 0 Å². The van der Waals surface area contributed by atoms with Crippen LogP contribution >= 0.6 is 22.6 Å². The third kappa shape index (κ3) is 4.15. The van der Waals surface area contributed by atoms with Gasteiger partial charge in [0.1, 0.15) is 0 Å². The van der Waals surface area contributed by atoms with E-state index in [-0.39, 0.29) is 0 Å². The van der Waals surface area contributed by atoms with E-state index in [2.05, 4.69) is 41.5 Å². The highest BCUT2D eigenvalue weighted by Gasteiger charge is 2.22. The van der Waals surface area contributed by atoms with Crippen molar-refractivity contribution in [2.75, 3.05) is 20.1 Å². The van der Waals surface area contributed by atoms with Crippen molar-refractivity contribution in [2.45, 2.75) is 43.0 Å². The van der Waals surface area contributed by atoms with Gasteiger partial charge in [0.25, 0.3) is 0 Å². The molecule has 1 rings (SSSR count). The third-order valence-electron chi connectivity index (χ3n) is 3.11. The van der Waals surface area contributed by atoms with Crippen LogP contribution < -0.4 is 0 Å². The van der Waals surface area contributed by atoms with Crippen molar-refractivity contribution in [3.8, 4) is 0 Å². The molecule has 1 nitrogen and oxygen atoms in total. The fourth-order valence-corrected chi connectivity index (χ4v) is 3.18. The van der Waals surface area contributed by atoms with Gasteiger partial charge in [-0.3, -0.25) is 0 Å². The average molecular weight is 295 g/mol. The topological polar surface area (TPSA) is 3.24 Å². The molecule has 0 bridgehead atoms. The fraction of sp³-hybridized carbons (Fsp3) is 1.00. The first kappa shape index (κ1) is 11.8. The first-order valence-electron chi connectivity index (χ1n) is 5.56. The second-order valence-electron chi connectivity index (χ2n) is 4.30. The highest BCUT2D eigenvalue weighted by molar-refractivity contribution is 14.1. The number of hydrogen-bond acceptors (Lipinski definition) is 1. The van der Waals surface area contributed by atoms with Crippen molar-refractivity contribution >= 4 is 22.6 Å². The number of alkyl halides is 1. The lowest BCUT2D eigenvalue weighted by molar-refractivity contribution is 0.216. The zero-order valence-corrected chi connectivity index (χ0v) is 11.1. The first-order valence-corrected chi connectivity index (χ1v) is 6.81. The molecule has 1 aliphatic heterocycles. The number of piperidine rings is 1. The second-order valence-corrected chi connectivity index (χ2v) is 5.90. The summed E-state index contributed by atoms with van der Waals surface area (Å²) >= 11 is 2.67. The van der Waals surface area contributed by atoms with E-state index >= 15 is 0 Å². The van der Waals surface area contributed by atoms with Crippen LogP contribution in [0.25, 0.3) is 0 Å². The van der Waals surface area contributed by atoms with E-state index in [1.807, 2.05) is 0 Å². The minimum absolute atomic E-state index is 0.936. The molecule has 0 aromatic heterocycles. The Labute approximate surface area is 96.4 Å². The Kier molecular flexibility index (Phi) is 5.63. The van der Waals surface area contributed by atoms with Gasteiger partial charge in [0.05, 0.1) is 0 Å². The summed E-state index contributed by atoms with van der Waals surface area (Å²) in [5, 5.41) is 0. The third-order valence-corrected chi connectivity index (χ3v) is 4.75. The summed E-state index contributed by atoms with van der Waals surface area (Å²) in [7, 11) is 2.24. The van der Waals surface area contributed by atoms with Crippen LogP contribution in [0.1, 0.15) is 39.0 Å². The SMILES string of the molecule is CCCCC(I)C1CCN(C)CC1. The highest BCUT2D eigenvalue weighted by atomic mass is 127. The molecule has 0 radical (unpaired) electrons. The Morgan fingerprint density at radius 2 is 2.00 bits per heavy atom. The molecule has 0 aliphatic carbocycles. The largest absolute Gasteiger partial charge is 0.306 e. The standard InChI is InChI=1S/C11H22IN/c1-3-4-5-11(12)10-6-8-13(2)9-7-10/h10-11H,3-9H2,1-2H3. The Morgan fingerprint density at radius 3 is 2.54 bits per heavy atom. The lowest BCUT2D eigenvalue weighted by atomic mass is 9.91. The van der Waals surface area contributed by atoms with Crippen LogP contribution in [0.2, 0.25) is 0 Å². The van der Waals surface area contributed by atoms with Gasteiger partial charge in [0.15, 0.2) is 0 Å². The van der Waals surface area contributed by atoms with Crippen LogP contribution in [0.4, 0.5) is 0 Å². The van der Waals surface area contributed by atoms with Crippen molar-refractivity contribution in [3.63, 3.8) is 0 Å². The summed E-state index contributed by atoms with van der Waals surface area (Å²) in [5.74, 6) is 1.00. The van der Waals surface area contributed by atoms with Gasteiger partial charge in [-0.15, -0.1) is 0 Å². The Morgan fingerprint density at radius 1 is 1.38 bits per heavy atom. The maximum atomic E-state index is 2.67. The first-order chi connectivity index (χ1) is 6.24. The van der Waals surface area contributed by atoms with Crippen LogP contribution in [0.5, 0.6) is 0 Å². The predicted octanol–water partition coefficient (Wildman–Crippen LogP) is 3.32. The molecule has 1 aliphatic rings.